The fourth-order valence-electron chi connectivity index (χ4n) is 3.78. The van der Waals surface area contributed by atoms with Crippen LogP contribution < -0.4 is 5.32 Å². The van der Waals surface area contributed by atoms with E-state index in [4.69, 9.17) is 0 Å². The zero-order chi connectivity index (χ0) is 23.4. The first-order valence-electron chi connectivity index (χ1n) is 10.3. The SMILES string of the molecule is O=C(N[C@@H](Cc1cccc(Cc2cccc3cccnc23)c1)C(=O)O)c1c(F)cccc1F. The Balaban J connectivity index is 1.53. The number of pyridine rings is 1. The molecule has 0 aliphatic rings. The van der Waals surface area contributed by atoms with E-state index >= 15 is 0 Å². The molecule has 4 rings (SSSR count). The lowest BCUT2D eigenvalue weighted by Gasteiger charge is -2.16. The number of carboxylic acids is 1. The quantitative estimate of drug-likeness (QED) is 0.437. The number of hydrogen-bond acceptors (Lipinski definition) is 3. The summed E-state index contributed by atoms with van der Waals surface area (Å²) in [6.45, 7) is 0. The van der Waals surface area contributed by atoms with Crippen LogP contribution >= 0.6 is 0 Å². The van der Waals surface area contributed by atoms with E-state index in [1.807, 2.05) is 42.5 Å². The van der Waals surface area contributed by atoms with E-state index in [2.05, 4.69) is 10.3 Å². The molecule has 0 unspecified atom stereocenters. The normalized spacial score (nSPS) is 11.8. The molecular formula is C26H20F2N2O3. The van der Waals surface area contributed by atoms with Crippen LogP contribution in [-0.2, 0) is 17.6 Å². The molecule has 0 bridgehead atoms. The number of halogens is 2. The first-order chi connectivity index (χ1) is 15.9. The third kappa shape index (κ3) is 5.03. The highest BCUT2D eigenvalue weighted by Crippen LogP contribution is 2.20. The summed E-state index contributed by atoms with van der Waals surface area (Å²) in [5.74, 6) is -4.52. The van der Waals surface area contributed by atoms with E-state index in [-0.39, 0.29) is 6.42 Å². The number of amides is 1. The van der Waals surface area contributed by atoms with Crippen molar-refractivity contribution in [2.45, 2.75) is 18.9 Å². The molecule has 33 heavy (non-hydrogen) atoms. The van der Waals surface area contributed by atoms with E-state index in [0.717, 1.165) is 40.2 Å². The lowest BCUT2D eigenvalue weighted by Crippen LogP contribution is -2.43. The summed E-state index contributed by atoms with van der Waals surface area (Å²) in [6, 6.07) is 18.8. The van der Waals surface area contributed by atoms with Gasteiger partial charge >= 0.3 is 5.97 Å². The highest BCUT2D eigenvalue weighted by atomic mass is 19.1. The topological polar surface area (TPSA) is 79.3 Å². The van der Waals surface area contributed by atoms with Gasteiger partial charge in [-0.15, -0.1) is 0 Å². The summed E-state index contributed by atoms with van der Waals surface area (Å²) < 4.78 is 27.8. The van der Waals surface area contributed by atoms with Crippen LogP contribution in [-0.4, -0.2) is 28.0 Å². The highest BCUT2D eigenvalue weighted by Gasteiger charge is 2.25. The van der Waals surface area contributed by atoms with Gasteiger partial charge in [0.2, 0.25) is 0 Å². The van der Waals surface area contributed by atoms with E-state index in [1.165, 1.54) is 0 Å². The molecule has 4 aromatic rings. The molecule has 1 aromatic heterocycles. The van der Waals surface area contributed by atoms with Crippen molar-refractivity contribution in [1.29, 1.82) is 0 Å². The third-order valence-corrected chi connectivity index (χ3v) is 5.34. The van der Waals surface area contributed by atoms with Crippen LogP contribution in [0.4, 0.5) is 8.78 Å². The second-order valence-corrected chi connectivity index (χ2v) is 7.65. The van der Waals surface area contributed by atoms with Crippen LogP contribution in [0.1, 0.15) is 27.0 Å². The van der Waals surface area contributed by atoms with Crippen molar-refractivity contribution in [1.82, 2.24) is 10.3 Å². The average Bonchev–Trinajstić information content (AvgIpc) is 2.79. The standard InChI is InChI=1S/C26H20F2N2O3/c27-20-10-3-11-21(28)23(20)25(31)30-22(26(32)33)15-17-6-1-5-16(13-17)14-19-8-2-7-18-9-4-12-29-24(18)19/h1-13,22H,14-15H2,(H,30,31)(H,32,33)/t22-/m0/s1. The minimum atomic E-state index is -1.36. The predicted octanol–water partition coefficient (Wildman–Crippen LogP) is 4.53. The number of carbonyl (C=O) groups excluding carboxylic acids is 1. The van der Waals surface area contributed by atoms with Crippen molar-refractivity contribution in [3.63, 3.8) is 0 Å². The lowest BCUT2D eigenvalue weighted by atomic mass is 9.98. The minimum absolute atomic E-state index is 0.0429. The second-order valence-electron chi connectivity index (χ2n) is 7.65. The molecule has 0 radical (unpaired) electrons. The lowest BCUT2D eigenvalue weighted by molar-refractivity contribution is -0.139. The molecule has 0 saturated carbocycles. The molecule has 1 amide bonds. The summed E-state index contributed by atoms with van der Waals surface area (Å²) in [5.41, 5.74) is 2.74. The number of carboxylic acid groups (broad SMARTS) is 1. The van der Waals surface area contributed by atoms with Gasteiger partial charge in [0.15, 0.2) is 0 Å². The van der Waals surface area contributed by atoms with Crippen LogP contribution in [0.2, 0.25) is 0 Å². The smallest absolute Gasteiger partial charge is 0.326 e. The molecule has 0 aliphatic carbocycles. The minimum Gasteiger partial charge on any atom is -0.480 e. The number of carbonyl (C=O) groups is 2. The van der Waals surface area contributed by atoms with Crippen LogP contribution in [0.25, 0.3) is 10.9 Å². The number of nitrogens with one attached hydrogen (secondary N) is 1. The second kappa shape index (κ2) is 9.56. The summed E-state index contributed by atoms with van der Waals surface area (Å²) in [4.78, 5) is 28.6. The molecule has 0 saturated heterocycles. The Labute approximate surface area is 188 Å². The number of nitrogens with zero attached hydrogens (tertiary/aromatic N) is 1. The predicted molar refractivity (Wildman–Crippen MR) is 120 cm³/mol. The molecule has 0 spiro atoms. The first-order valence-corrected chi connectivity index (χ1v) is 10.3. The van der Waals surface area contributed by atoms with Gasteiger partial charge in [-0.2, -0.15) is 0 Å². The largest absolute Gasteiger partial charge is 0.480 e. The van der Waals surface area contributed by atoms with Gasteiger partial charge in [0.1, 0.15) is 23.2 Å². The zero-order valence-corrected chi connectivity index (χ0v) is 17.5. The maximum atomic E-state index is 13.9. The number of aliphatic carboxylic acids is 1. The number of fused-ring (bicyclic) bond motifs is 1. The van der Waals surface area contributed by atoms with E-state index in [0.29, 0.717) is 12.0 Å². The highest BCUT2D eigenvalue weighted by molar-refractivity contribution is 5.97. The van der Waals surface area contributed by atoms with E-state index < -0.39 is 35.1 Å². The van der Waals surface area contributed by atoms with Crippen LogP contribution in [0, 0.1) is 11.6 Å². The van der Waals surface area contributed by atoms with Crippen molar-refractivity contribution in [3.05, 3.63) is 113 Å². The van der Waals surface area contributed by atoms with Crippen molar-refractivity contribution in [2.24, 2.45) is 0 Å². The molecule has 3 aromatic carbocycles. The Morgan fingerprint density at radius 1 is 0.909 bits per heavy atom. The first kappa shape index (κ1) is 22.1. The van der Waals surface area contributed by atoms with Gasteiger partial charge < -0.3 is 10.4 Å². The van der Waals surface area contributed by atoms with Crippen molar-refractivity contribution in [2.75, 3.05) is 0 Å². The van der Waals surface area contributed by atoms with Gasteiger partial charge in [0.05, 0.1) is 5.52 Å². The monoisotopic (exact) mass is 446 g/mol. The summed E-state index contributed by atoms with van der Waals surface area (Å²) >= 11 is 0. The van der Waals surface area contributed by atoms with Crippen LogP contribution in [0.5, 0.6) is 0 Å². The Bertz CT molecular complexity index is 1310. The van der Waals surface area contributed by atoms with E-state index in [9.17, 15) is 23.5 Å². The molecule has 1 heterocycles. The Kier molecular flexibility index (Phi) is 6.40. The molecule has 0 fully saturated rings. The number of aromatic nitrogens is 1. The van der Waals surface area contributed by atoms with Gasteiger partial charge in [-0.25, -0.2) is 13.6 Å². The van der Waals surface area contributed by atoms with E-state index in [1.54, 1.807) is 18.3 Å². The van der Waals surface area contributed by atoms with Crippen molar-refractivity contribution < 1.29 is 23.5 Å². The fraction of sp³-hybridized carbons (Fsp3) is 0.115. The Morgan fingerprint density at radius 2 is 1.58 bits per heavy atom. The maximum Gasteiger partial charge on any atom is 0.326 e. The van der Waals surface area contributed by atoms with Gasteiger partial charge in [-0.05, 0) is 41.3 Å². The number of para-hydroxylation sites is 1. The van der Waals surface area contributed by atoms with Crippen molar-refractivity contribution >= 4 is 22.8 Å². The number of benzene rings is 3. The molecule has 2 N–H and O–H groups in total. The van der Waals surface area contributed by atoms with Crippen LogP contribution in [0.3, 0.4) is 0 Å². The van der Waals surface area contributed by atoms with Gasteiger partial charge in [0, 0.05) is 18.0 Å². The molecule has 1 atom stereocenters. The Morgan fingerprint density at radius 3 is 2.33 bits per heavy atom. The third-order valence-electron chi connectivity index (χ3n) is 5.34. The zero-order valence-electron chi connectivity index (χ0n) is 17.5. The summed E-state index contributed by atoms with van der Waals surface area (Å²) in [6.07, 6.45) is 2.28. The number of hydrogen-bond donors (Lipinski definition) is 2. The maximum absolute atomic E-state index is 13.9. The molecule has 7 heteroatoms. The molecule has 0 aliphatic heterocycles. The van der Waals surface area contributed by atoms with Gasteiger partial charge in [-0.3, -0.25) is 9.78 Å². The summed E-state index contributed by atoms with van der Waals surface area (Å²) in [5, 5.41) is 12.8. The molecule has 166 valence electrons. The molecular weight excluding hydrogens is 426 g/mol. The van der Waals surface area contributed by atoms with Crippen molar-refractivity contribution in [3.8, 4) is 0 Å². The average molecular weight is 446 g/mol. The van der Waals surface area contributed by atoms with Crippen LogP contribution in [0.15, 0.2) is 79.0 Å². The fourth-order valence-corrected chi connectivity index (χ4v) is 3.78. The van der Waals surface area contributed by atoms with Gasteiger partial charge in [0.25, 0.3) is 5.91 Å². The van der Waals surface area contributed by atoms with Gasteiger partial charge in [-0.1, -0.05) is 54.6 Å². The summed E-state index contributed by atoms with van der Waals surface area (Å²) in [7, 11) is 0. The molecule has 5 nitrogen and oxygen atoms in total. The Hall–Kier alpha value is -4.13. The number of rotatable bonds is 7.